The lowest BCUT2D eigenvalue weighted by molar-refractivity contribution is -0.116. The van der Waals surface area contributed by atoms with E-state index in [1.807, 2.05) is 50.2 Å². The molecule has 1 N–H and O–H groups in total. The molecule has 3 heterocycles. The van der Waals surface area contributed by atoms with Crippen LogP contribution in [0.25, 0.3) is 16.7 Å². The molecule has 2 aromatic carbocycles. The number of carbonyl (C=O) groups excluding carboxylic acids is 2. The van der Waals surface area contributed by atoms with Gasteiger partial charge in [0.2, 0.25) is 11.7 Å². The number of ketones is 1. The summed E-state index contributed by atoms with van der Waals surface area (Å²) in [7, 11) is 0. The molecule has 0 saturated carbocycles. The third-order valence-corrected chi connectivity index (χ3v) is 5.96. The van der Waals surface area contributed by atoms with E-state index < -0.39 is 5.92 Å². The maximum Gasteiger partial charge on any atom is 0.226 e. The van der Waals surface area contributed by atoms with Gasteiger partial charge in [0.25, 0.3) is 0 Å². The Hall–Kier alpha value is -3.38. The first-order valence-corrected chi connectivity index (χ1v) is 9.99. The van der Waals surface area contributed by atoms with Crippen LogP contribution in [0.2, 0.25) is 5.02 Å². The van der Waals surface area contributed by atoms with Crippen molar-refractivity contribution in [2.45, 2.75) is 26.2 Å². The number of rotatable bonds is 3. The number of aromatic nitrogens is 2. The normalized spacial score (nSPS) is 15.8. The molecule has 150 valence electrons. The van der Waals surface area contributed by atoms with E-state index in [0.717, 1.165) is 16.6 Å². The number of Topliss-reactive ketones (excluding diaryl/α,β-unsaturated/α-hetero) is 1. The third kappa shape index (κ3) is 2.83. The zero-order valence-electron chi connectivity index (χ0n) is 16.4. The zero-order chi connectivity index (χ0) is 21.0. The second-order valence-corrected chi connectivity index (χ2v) is 7.87. The number of carbonyl (C=O) groups is 2. The maximum absolute atomic E-state index is 13.4. The first kappa shape index (κ1) is 18.6. The predicted octanol–water partition coefficient (Wildman–Crippen LogP) is 5.20. The van der Waals surface area contributed by atoms with Gasteiger partial charge in [-0.05, 0) is 43.7 Å². The van der Waals surface area contributed by atoms with Crippen molar-refractivity contribution in [3.05, 3.63) is 76.1 Å². The number of nitrogens with one attached hydrogen (secondary N) is 1. The lowest BCUT2D eigenvalue weighted by atomic mass is 9.87. The largest absolute Gasteiger partial charge is 0.453 e. The fourth-order valence-electron chi connectivity index (χ4n) is 4.05. The highest BCUT2D eigenvalue weighted by atomic mass is 35.5. The van der Waals surface area contributed by atoms with E-state index in [9.17, 15) is 9.59 Å². The fourth-order valence-corrected chi connectivity index (χ4v) is 4.22. The summed E-state index contributed by atoms with van der Waals surface area (Å²) < 4.78 is 7.43. The van der Waals surface area contributed by atoms with Gasteiger partial charge in [0.1, 0.15) is 11.4 Å². The molecule has 0 fully saturated rings. The van der Waals surface area contributed by atoms with E-state index in [1.165, 1.54) is 0 Å². The second kappa shape index (κ2) is 6.85. The molecule has 1 aliphatic rings. The number of fused-ring (bicyclic) bond motifs is 2. The predicted molar refractivity (Wildman–Crippen MR) is 115 cm³/mol. The highest BCUT2D eigenvalue weighted by Gasteiger charge is 2.37. The molecule has 1 aliphatic heterocycles. The van der Waals surface area contributed by atoms with Crippen molar-refractivity contribution in [2.75, 3.05) is 5.32 Å². The number of amides is 1. The number of halogens is 1. The molecule has 1 amide bonds. The molecule has 5 rings (SSSR count). The van der Waals surface area contributed by atoms with Gasteiger partial charge in [0.05, 0.1) is 17.3 Å². The lowest BCUT2D eigenvalue weighted by Crippen LogP contribution is -2.28. The summed E-state index contributed by atoms with van der Waals surface area (Å²) in [4.78, 5) is 25.9. The molecule has 0 spiro atoms. The molecule has 1 unspecified atom stereocenters. The fraction of sp³-hybridized carbons (Fsp3) is 0.174. The van der Waals surface area contributed by atoms with Crippen LogP contribution in [-0.4, -0.2) is 21.5 Å². The zero-order valence-corrected chi connectivity index (χ0v) is 17.2. The van der Waals surface area contributed by atoms with Crippen molar-refractivity contribution < 1.29 is 14.0 Å². The smallest absolute Gasteiger partial charge is 0.226 e. The summed E-state index contributed by atoms with van der Waals surface area (Å²) in [5.74, 6) is -0.385. The topological polar surface area (TPSA) is 77.1 Å². The van der Waals surface area contributed by atoms with Gasteiger partial charge in [0, 0.05) is 22.4 Å². The number of hydrogen-bond donors (Lipinski definition) is 1. The first-order valence-electron chi connectivity index (χ1n) is 9.61. The van der Waals surface area contributed by atoms with E-state index in [-0.39, 0.29) is 23.9 Å². The van der Waals surface area contributed by atoms with Gasteiger partial charge in [0.15, 0.2) is 5.76 Å². The Balaban J connectivity index is 1.64. The summed E-state index contributed by atoms with van der Waals surface area (Å²) in [6, 6.07) is 14.7. The van der Waals surface area contributed by atoms with Gasteiger partial charge in [-0.25, -0.2) is 4.68 Å². The molecule has 4 aromatic rings. The summed E-state index contributed by atoms with van der Waals surface area (Å²) in [5.41, 5.74) is 3.62. The minimum atomic E-state index is -0.664. The number of nitrogens with zero attached hydrogens (tertiary/aromatic N) is 2. The number of anilines is 1. The summed E-state index contributed by atoms with van der Waals surface area (Å²) in [6.45, 7) is 3.73. The van der Waals surface area contributed by atoms with Crippen molar-refractivity contribution in [3.8, 4) is 5.69 Å². The van der Waals surface area contributed by atoms with Gasteiger partial charge >= 0.3 is 0 Å². The Bertz CT molecular complexity index is 1300. The highest BCUT2D eigenvalue weighted by Crippen LogP contribution is 2.39. The third-order valence-electron chi connectivity index (χ3n) is 5.55. The van der Waals surface area contributed by atoms with E-state index in [2.05, 4.69) is 10.4 Å². The van der Waals surface area contributed by atoms with Gasteiger partial charge in [-0.2, -0.15) is 5.10 Å². The van der Waals surface area contributed by atoms with Gasteiger partial charge in [-0.1, -0.05) is 35.9 Å². The summed E-state index contributed by atoms with van der Waals surface area (Å²) in [6.07, 6.45) is 0.0456. The van der Waals surface area contributed by atoms with Crippen molar-refractivity contribution in [3.63, 3.8) is 0 Å². The Morgan fingerprint density at radius 1 is 1.20 bits per heavy atom. The van der Waals surface area contributed by atoms with Crippen LogP contribution in [0.5, 0.6) is 0 Å². The summed E-state index contributed by atoms with van der Waals surface area (Å²) in [5, 5.41) is 8.97. The standard InChI is InChI=1S/C23H18ClN3O3/c1-12-16(24)7-5-8-17(12)27-23-21(13(2)26-27)15(11-20(28)25-23)22(29)19-10-14-6-3-4-9-18(14)30-19/h3-10,15H,11H2,1-2H3,(H,25,28). The molecule has 0 radical (unpaired) electrons. The molecule has 1 atom stereocenters. The maximum atomic E-state index is 13.4. The van der Waals surface area contributed by atoms with Crippen LogP contribution in [0.3, 0.4) is 0 Å². The van der Waals surface area contributed by atoms with E-state index in [4.69, 9.17) is 16.0 Å². The Kier molecular flexibility index (Phi) is 4.25. The van der Waals surface area contributed by atoms with Gasteiger partial charge < -0.3 is 9.73 Å². The second-order valence-electron chi connectivity index (χ2n) is 7.46. The van der Waals surface area contributed by atoms with Crippen LogP contribution >= 0.6 is 11.6 Å². The van der Waals surface area contributed by atoms with Crippen LogP contribution in [0.15, 0.2) is 52.9 Å². The van der Waals surface area contributed by atoms with Gasteiger partial charge in [-0.3, -0.25) is 9.59 Å². The Morgan fingerprint density at radius 2 is 2.00 bits per heavy atom. The molecule has 2 aromatic heterocycles. The number of furan rings is 1. The first-order chi connectivity index (χ1) is 14.4. The molecule has 7 heteroatoms. The number of benzene rings is 2. The van der Waals surface area contributed by atoms with Crippen LogP contribution in [0, 0.1) is 13.8 Å². The minimum absolute atomic E-state index is 0.0456. The van der Waals surface area contributed by atoms with Crippen molar-refractivity contribution >= 4 is 40.1 Å². The molecule has 0 aliphatic carbocycles. The van der Waals surface area contributed by atoms with E-state index >= 15 is 0 Å². The highest BCUT2D eigenvalue weighted by molar-refractivity contribution is 6.31. The molecule has 0 bridgehead atoms. The number of hydrogen-bond acceptors (Lipinski definition) is 4. The van der Waals surface area contributed by atoms with Crippen LogP contribution in [0.4, 0.5) is 5.82 Å². The van der Waals surface area contributed by atoms with Crippen molar-refractivity contribution in [2.24, 2.45) is 0 Å². The number of para-hydroxylation sites is 1. The quantitative estimate of drug-likeness (QED) is 0.463. The van der Waals surface area contributed by atoms with Gasteiger partial charge in [-0.15, -0.1) is 0 Å². The van der Waals surface area contributed by atoms with Crippen molar-refractivity contribution in [1.29, 1.82) is 0 Å². The summed E-state index contributed by atoms with van der Waals surface area (Å²) >= 11 is 6.29. The van der Waals surface area contributed by atoms with Crippen LogP contribution in [-0.2, 0) is 4.79 Å². The SMILES string of the molecule is Cc1nn(-c2cccc(Cl)c2C)c2c1C(C(=O)c1cc3ccccc3o1)CC(=O)N2. The van der Waals surface area contributed by atoms with E-state index in [1.54, 1.807) is 16.8 Å². The molecular formula is C23H18ClN3O3. The molecule has 6 nitrogen and oxygen atoms in total. The number of aryl methyl sites for hydroxylation is 1. The Morgan fingerprint density at radius 3 is 2.80 bits per heavy atom. The van der Waals surface area contributed by atoms with Crippen LogP contribution < -0.4 is 5.32 Å². The lowest BCUT2D eigenvalue weighted by Gasteiger charge is -2.22. The average Bonchev–Trinajstić information content (AvgIpc) is 3.30. The van der Waals surface area contributed by atoms with E-state index in [0.29, 0.717) is 27.7 Å². The monoisotopic (exact) mass is 419 g/mol. The van der Waals surface area contributed by atoms with Crippen molar-refractivity contribution in [1.82, 2.24) is 9.78 Å². The Labute approximate surface area is 177 Å². The molecular weight excluding hydrogens is 402 g/mol. The minimum Gasteiger partial charge on any atom is -0.453 e. The van der Waals surface area contributed by atoms with Crippen LogP contribution in [0.1, 0.15) is 39.7 Å². The molecule has 30 heavy (non-hydrogen) atoms. The molecule has 0 saturated heterocycles. The average molecular weight is 420 g/mol.